The first-order valence-corrected chi connectivity index (χ1v) is 9.15. The lowest BCUT2D eigenvalue weighted by atomic mass is 10.1. The lowest BCUT2D eigenvalue weighted by molar-refractivity contribution is 0.638. The molecule has 9 heteroatoms. The molecule has 0 atom stereocenters. The van der Waals surface area contributed by atoms with E-state index in [9.17, 15) is 4.79 Å². The summed E-state index contributed by atoms with van der Waals surface area (Å²) in [6.45, 7) is 4.61. The highest BCUT2D eigenvalue weighted by atomic mass is 32.2. The predicted molar refractivity (Wildman–Crippen MR) is 98.8 cm³/mol. The number of aromatic nitrogens is 7. The standard InChI is InChI=1S/C17H17N7OS/c1-12-6-7-14(11-13(12)2)24-16(18-20-21-24)26-10-9-23-17(25)22-8-4-3-5-15(22)19-23/h3-8,11H,9-10H2,1-2H3. The molecule has 0 fully saturated rings. The van der Waals surface area contributed by atoms with Gasteiger partial charge in [-0.1, -0.05) is 23.9 Å². The molecule has 0 saturated heterocycles. The Morgan fingerprint density at radius 3 is 2.81 bits per heavy atom. The van der Waals surface area contributed by atoms with E-state index >= 15 is 0 Å². The van der Waals surface area contributed by atoms with Crippen molar-refractivity contribution in [2.45, 2.75) is 25.5 Å². The molecule has 0 bridgehead atoms. The Bertz CT molecular complexity index is 1130. The number of tetrazole rings is 1. The molecule has 8 nitrogen and oxygen atoms in total. The zero-order valence-electron chi connectivity index (χ0n) is 14.4. The summed E-state index contributed by atoms with van der Waals surface area (Å²) in [5.74, 6) is 0.634. The molecular formula is C17H17N7OS. The first kappa shape index (κ1) is 16.5. The van der Waals surface area contributed by atoms with Gasteiger partial charge in [0.15, 0.2) is 5.65 Å². The van der Waals surface area contributed by atoms with Gasteiger partial charge in [-0.2, -0.15) is 4.68 Å². The van der Waals surface area contributed by atoms with E-state index in [-0.39, 0.29) is 5.69 Å². The van der Waals surface area contributed by atoms with Gasteiger partial charge in [0.1, 0.15) is 0 Å². The van der Waals surface area contributed by atoms with Crippen LogP contribution in [0.25, 0.3) is 11.3 Å². The summed E-state index contributed by atoms with van der Waals surface area (Å²) in [5, 5.41) is 17.0. The predicted octanol–water partition coefficient (Wildman–Crippen LogP) is 1.88. The van der Waals surface area contributed by atoms with Crippen LogP contribution in [0, 0.1) is 13.8 Å². The van der Waals surface area contributed by atoms with Gasteiger partial charge in [0, 0.05) is 11.9 Å². The number of hydrogen-bond acceptors (Lipinski definition) is 6. The summed E-state index contributed by atoms with van der Waals surface area (Å²) >= 11 is 1.49. The smallest absolute Gasteiger partial charge is 0.250 e. The Morgan fingerprint density at radius 1 is 1.12 bits per heavy atom. The van der Waals surface area contributed by atoms with E-state index in [1.165, 1.54) is 32.0 Å². The molecule has 26 heavy (non-hydrogen) atoms. The van der Waals surface area contributed by atoms with E-state index in [0.29, 0.717) is 23.1 Å². The van der Waals surface area contributed by atoms with E-state index < -0.39 is 0 Å². The second kappa shape index (κ2) is 6.75. The Hall–Kier alpha value is -2.94. The Labute approximate surface area is 153 Å². The van der Waals surface area contributed by atoms with Crippen LogP contribution in [-0.4, -0.2) is 40.1 Å². The third-order valence-corrected chi connectivity index (χ3v) is 5.10. The quantitative estimate of drug-likeness (QED) is 0.501. The highest BCUT2D eigenvalue weighted by molar-refractivity contribution is 7.99. The number of pyridine rings is 1. The Balaban J connectivity index is 1.50. The molecule has 0 radical (unpaired) electrons. The number of thioether (sulfide) groups is 1. The van der Waals surface area contributed by atoms with Gasteiger partial charge in [-0.05, 0) is 59.7 Å². The Morgan fingerprint density at radius 2 is 2.00 bits per heavy atom. The lowest BCUT2D eigenvalue weighted by Crippen LogP contribution is -2.22. The fourth-order valence-corrected chi connectivity index (χ4v) is 3.43. The van der Waals surface area contributed by atoms with E-state index in [0.717, 1.165) is 5.69 Å². The second-order valence-electron chi connectivity index (χ2n) is 5.92. The monoisotopic (exact) mass is 367 g/mol. The minimum Gasteiger partial charge on any atom is -0.250 e. The topological polar surface area (TPSA) is 82.9 Å². The van der Waals surface area contributed by atoms with E-state index in [1.807, 2.05) is 24.3 Å². The average Bonchev–Trinajstić information content (AvgIpc) is 3.23. The van der Waals surface area contributed by atoms with Crippen molar-refractivity contribution in [3.05, 3.63) is 64.2 Å². The molecule has 0 saturated carbocycles. The van der Waals surface area contributed by atoms with E-state index in [2.05, 4.69) is 46.6 Å². The third kappa shape index (κ3) is 3.01. The minimum absolute atomic E-state index is 0.144. The van der Waals surface area contributed by atoms with E-state index in [4.69, 9.17) is 0 Å². The van der Waals surface area contributed by atoms with Crippen LogP contribution in [0.1, 0.15) is 11.1 Å². The van der Waals surface area contributed by atoms with Crippen LogP contribution in [0.15, 0.2) is 52.5 Å². The molecule has 132 valence electrons. The van der Waals surface area contributed by atoms with Gasteiger partial charge in [0.2, 0.25) is 5.16 Å². The molecule has 0 amide bonds. The number of hydrogen-bond donors (Lipinski definition) is 0. The number of benzene rings is 1. The van der Waals surface area contributed by atoms with Crippen molar-refractivity contribution in [3.63, 3.8) is 0 Å². The average molecular weight is 367 g/mol. The molecule has 4 aromatic rings. The normalized spacial score (nSPS) is 11.3. The largest absolute Gasteiger partial charge is 0.350 e. The minimum atomic E-state index is -0.144. The van der Waals surface area contributed by atoms with Crippen LogP contribution < -0.4 is 5.69 Å². The molecule has 0 aliphatic carbocycles. The fraction of sp³-hybridized carbons (Fsp3) is 0.235. The highest BCUT2D eigenvalue weighted by Crippen LogP contribution is 2.20. The van der Waals surface area contributed by atoms with Crippen molar-refractivity contribution in [2.24, 2.45) is 0 Å². The zero-order valence-corrected chi connectivity index (χ0v) is 15.2. The van der Waals surface area contributed by atoms with Gasteiger partial charge < -0.3 is 0 Å². The fourth-order valence-electron chi connectivity index (χ4n) is 2.63. The van der Waals surface area contributed by atoms with Crippen molar-refractivity contribution in [3.8, 4) is 5.69 Å². The van der Waals surface area contributed by atoms with Crippen molar-refractivity contribution < 1.29 is 0 Å². The van der Waals surface area contributed by atoms with Gasteiger partial charge in [0.25, 0.3) is 0 Å². The van der Waals surface area contributed by atoms with Crippen molar-refractivity contribution in [1.82, 2.24) is 34.4 Å². The van der Waals surface area contributed by atoms with Gasteiger partial charge >= 0.3 is 5.69 Å². The molecular weight excluding hydrogens is 350 g/mol. The first-order chi connectivity index (χ1) is 12.6. The highest BCUT2D eigenvalue weighted by Gasteiger charge is 2.11. The van der Waals surface area contributed by atoms with Gasteiger partial charge in [-0.3, -0.25) is 4.40 Å². The van der Waals surface area contributed by atoms with Crippen LogP contribution in [0.5, 0.6) is 0 Å². The number of rotatable bonds is 5. The Kier molecular flexibility index (Phi) is 4.29. The summed E-state index contributed by atoms with van der Waals surface area (Å²) in [6, 6.07) is 11.6. The zero-order chi connectivity index (χ0) is 18.1. The molecule has 1 aromatic carbocycles. The second-order valence-corrected chi connectivity index (χ2v) is 6.99. The van der Waals surface area contributed by atoms with Crippen molar-refractivity contribution in [1.29, 1.82) is 0 Å². The molecule has 4 rings (SSSR count). The van der Waals surface area contributed by atoms with Crippen LogP contribution in [0.2, 0.25) is 0 Å². The maximum absolute atomic E-state index is 12.3. The molecule has 3 heterocycles. The maximum Gasteiger partial charge on any atom is 0.350 e. The first-order valence-electron chi connectivity index (χ1n) is 8.16. The number of nitrogens with zero attached hydrogens (tertiary/aromatic N) is 7. The molecule has 3 aromatic heterocycles. The van der Waals surface area contributed by atoms with Crippen LogP contribution in [0.3, 0.4) is 0 Å². The van der Waals surface area contributed by atoms with Gasteiger partial charge in [0.05, 0.1) is 12.2 Å². The molecule has 0 aliphatic heterocycles. The maximum atomic E-state index is 12.3. The van der Waals surface area contributed by atoms with Crippen LogP contribution in [0.4, 0.5) is 0 Å². The SMILES string of the molecule is Cc1ccc(-n2nnnc2SCCn2nc3ccccn3c2=O)cc1C. The van der Waals surface area contributed by atoms with Gasteiger partial charge in [-0.25, -0.2) is 9.48 Å². The van der Waals surface area contributed by atoms with Crippen molar-refractivity contribution >= 4 is 17.4 Å². The number of aryl methyl sites for hydroxylation is 3. The summed E-state index contributed by atoms with van der Waals surface area (Å²) in [7, 11) is 0. The molecule has 0 unspecified atom stereocenters. The van der Waals surface area contributed by atoms with Gasteiger partial charge in [-0.15, -0.1) is 10.2 Å². The third-order valence-electron chi connectivity index (χ3n) is 4.20. The molecule has 0 aliphatic rings. The lowest BCUT2D eigenvalue weighted by Gasteiger charge is -2.06. The molecule has 0 spiro atoms. The van der Waals surface area contributed by atoms with Crippen LogP contribution in [-0.2, 0) is 6.54 Å². The summed E-state index contributed by atoms with van der Waals surface area (Å²) < 4.78 is 4.71. The summed E-state index contributed by atoms with van der Waals surface area (Å²) in [6.07, 6.45) is 1.72. The van der Waals surface area contributed by atoms with E-state index in [1.54, 1.807) is 10.9 Å². The number of fused-ring (bicyclic) bond motifs is 1. The van der Waals surface area contributed by atoms with Crippen LogP contribution >= 0.6 is 11.8 Å². The summed E-state index contributed by atoms with van der Waals surface area (Å²) in [5.41, 5.74) is 3.83. The molecule has 0 N–H and O–H groups in total. The van der Waals surface area contributed by atoms with Crippen molar-refractivity contribution in [2.75, 3.05) is 5.75 Å². The summed E-state index contributed by atoms with van der Waals surface area (Å²) in [4.78, 5) is 12.3.